The van der Waals surface area contributed by atoms with E-state index in [1.807, 2.05) is 54.6 Å². The Kier molecular flexibility index (Phi) is 6.21. The van der Waals surface area contributed by atoms with Gasteiger partial charge in [-0.05, 0) is 66.4 Å². The van der Waals surface area contributed by atoms with Crippen LogP contribution in [-0.2, 0) is 11.8 Å². The Morgan fingerprint density at radius 1 is 0.844 bits per heavy atom. The fourth-order valence-electron chi connectivity index (χ4n) is 3.59. The van der Waals surface area contributed by atoms with Crippen molar-refractivity contribution in [1.82, 2.24) is 0 Å². The highest BCUT2D eigenvalue weighted by molar-refractivity contribution is 5.42. The van der Waals surface area contributed by atoms with E-state index in [1.165, 1.54) is 12.1 Å². The van der Waals surface area contributed by atoms with E-state index in [9.17, 15) is 17.6 Å². The molecule has 3 aromatic carbocycles. The van der Waals surface area contributed by atoms with Crippen molar-refractivity contribution in [2.45, 2.75) is 30.9 Å². The molecule has 0 aliphatic heterocycles. The molecule has 3 aromatic rings. The summed E-state index contributed by atoms with van der Waals surface area (Å²) in [6, 6.07) is 23.1. The first-order valence-corrected chi connectivity index (χ1v) is 10.3. The van der Waals surface area contributed by atoms with Crippen LogP contribution >= 0.6 is 0 Å². The number of rotatable bonds is 8. The molecule has 1 aliphatic carbocycles. The molecule has 0 N–H and O–H groups in total. The van der Waals surface area contributed by atoms with Crippen LogP contribution in [0.15, 0.2) is 90.8 Å². The molecule has 0 atom stereocenters. The molecule has 166 valence electrons. The van der Waals surface area contributed by atoms with Gasteiger partial charge in [0.15, 0.2) is 6.61 Å². The van der Waals surface area contributed by atoms with Crippen LogP contribution in [0, 0.1) is 0 Å². The topological polar surface area (TPSA) is 18.5 Å². The first-order valence-electron chi connectivity index (χ1n) is 10.3. The predicted octanol–water partition coefficient (Wildman–Crippen LogP) is 7.55. The van der Waals surface area contributed by atoms with Gasteiger partial charge in [0, 0.05) is 11.8 Å². The first kappa shape index (κ1) is 21.9. The zero-order chi connectivity index (χ0) is 22.6. The highest BCUT2D eigenvalue weighted by atomic mass is 19.4. The molecule has 32 heavy (non-hydrogen) atoms. The van der Waals surface area contributed by atoms with E-state index in [1.54, 1.807) is 18.2 Å². The summed E-state index contributed by atoms with van der Waals surface area (Å²) in [5, 5.41) is 0. The third-order valence-corrected chi connectivity index (χ3v) is 5.30. The minimum absolute atomic E-state index is 0.139. The maximum Gasteiger partial charge on any atom is 0.422 e. The van der Waals surface area contributed by atoms with Crippen molar-refractivity contribution in [2.75, 3.05) is 6.61 Å². The molecule has 4 rings (SSSR count). The van der Waals surface area contributed by atoms with Gasteiger partial charge in [-0.25, -0.2) is 4.39 Å². The van der Waals surface area contributed by atoms with Crippen LogP contribution in [0.25, 0.3) is 0 Å². The zero-order valence-corrected chi connectivity index (χ0v) is 17.2. The molecule has 0 radical (unpaired) electrons. The molecular weight excluding hydrogens is 420 g/mol. The number of benzene rings is 3. The summed E-state index contributed by atoms with van der Waals surface area (Å²) in [7, 11) is 0. The minimum atomic E-state index is -4.38. The molecule has 1 aliphatic rings. The Labute approximate surface area is 184 Å². The average molecular weight is 442 g/mol. The van der Waals surface area contributed by atoms with Crippen molar-refractivity contribution in [3.63, 3.8) is 0 Å². The standard InChI is InChI=1S/C26H22F4O2/c27-21(15-19-5-4-8-24(16-19)32-23-6-2-1-3-7-23)17-25(13-14-25)20-9-11-22(12-10-20)31-18-26(28,29)30/h1-12,16-17H,13-15,18H2/b21-17-. The fraction of sp³-hybridized carbons (Fsp3) is 0.231. The van der Waals surface area contributed by atoms with E-state index in [0.717, 1.165) is 24.0 Å². The van der Waals surface area contributed by atoms with E-state index < -0.39 is 18.2 Å². The van der Waals surface area contributed by atoms with Crippen LogP contribution in [0.2, 0.25) is 0 Å². The quantitative estimate of drug-likeness (QED) is 0.335. The number of hydrogen-bond acceptors (Lipinski definition) is 2. The Morgan fingerprint density at radius 3 is 2.19 bits per heavy atom. The van der Waals surface area contributed by atoms with Crippen molar-refractivity contribution >= 4 is 0 Å². The summed E-state index contributed by atoms with van der Waals surface area (Å²) in [6.07, 6.45) is -1.03. The summed E-state index contributed by atoms with van der Waals surface area (Å²) in [5.41, 5.74) is 1.25. The Hall–Kier alpha value is -3.28. The van der Waals surface area contributed by atoms with Crippen molar-refractivity contribution in [3.05, 3.63) is 102 Å². The van der Waals surface area contributed by atoms with Gasteiger partial charge < -0.3 is 9.47 Å². The van der Waals surface area contributed by atoms with Crippen LogP contribution < -0.4 is 9.47 Å². The molecule has 0 aromatic heterocycles. The molecule has 6 heteroatoms. The lowest BCUT2D eigenvalue weighted by atomic mass is 9.94. The van der Waals surface area contributed by atoms with Crippen LogP contribution in [0.5, 0.6) is 17.2 Å². The van der Waals surface area contributed by atoms with Gasteiger partial charge >= 0.3 is 6.18 Å². The third-order valence-electron chi connectivity index (χ3n) is 5.30. The number of ether oxygens (including phenoxy) is 2. The van der Waals surface area contributed by atoms with Gasteiger partial charge in [-0.3, -0.25) is 0 Å². The number of halogens is 4. The van der Waals surface area contributed by atoms with Crippen LogP contribution in [0.4, 0.5) is 17.6 Å². The second-order valence-corrected chi connectivity index (χ2v) is 7.91. The summed E-state index contributed by atoms with van der Waals surface area (Å²) in [4.78, 5) is 0. The van der Waals surface area contributed by atoms with E-state index in [-0.39, 0.29) is 18.0 Å². The van der Waals surface area contributed by atoms with Crippen molar-refractivity contribution < 1.29 is 27.0 Å². The molecule has 1 fully saturated rings. The second kappa shape index (κ2) is 9.07. The van der Waals surface area contributed by atoms with Gasteiger partial charge in [-0.2, -0.15) is 13.2 Å². The summed E-state index contributed by atoms with van der Waals surface area (Å²) >= 11 is 0. The minimum Gasteiger partial charge on any atom is -0.484 e. The fourth-order valence-corrected chi connectivity index (χ4v) is 3.59. The molecule has 0 saturated heterocycles. The van der Waals surface area contributed by atoms with Crippen molar-refractivity contribution in [3.8, 4) is 17.2 Å². The van der Waals surface area contributed by atoms with Crippen LogP contribution in [-0.4, -0.2) is 12.8 Å². The normalized spacial score (nSPS) is 15.3. The lowest BCUT2D eigenvalue weighted by Crippen LogP contribution is -2.19. The van der Waals surface area contributed by atoms with Crippen LogP contribution in [0.1, 0.15) is 24.0 Å². The van der Waals surface area contributed by atoms with E-state index in [0.29, 0.717) is 11.5 Å². The summed E-state index contributed by atoms with van der Waals surface area (Å²) < 4.78 is 62.3. The number of allylic oxidation sites excluding steroid dienone is 2. The van der Waals surface area contributed by atoms with Crippen molar-refractivity contribution in [2.24, 2.45) is 0 Å². The maximum atomic E-state index is 14.9. The highest BCUT2D eigenvalue weighted by Gasteiger charge is 2.42. The number of para-hydroxylation sites is 1. The van der Waals surface area contributed by atoms with Gasteiger partial charge in [0.25, 0.3) is 0 Å². The van der Waals surface area contributed by atoms with Gasteiger partial charge in [0.1, 0.15) is 23.1 Å². The summed E-state index contributed by atoms with van der Waals surface area (Å²) in [6.45, 7) is -1.33. The van der Waals surface area contributed by atoms with E-state index in [4.69, 9.17) is 9.47 Å². The first-order chi connectivity index (χ1) is 15.3. The molecule has 1 saturated carbocycles. The summed E-state index contributed by atoms with van der Waals surface area (Å²) in [5.74, 6) is 1.23. The van der Waals surface area contributed by atoms with Crippen LogP contribution in [0.3, 0.4) is 0 Å². The Balaban J connectivity index is 1.41. The number of hydrogen-bond donors (Lipinski definition) is 0. The largest absolute Gasteiger partial charge is 0.484 e. The molecule has 0 spiro atoms. The molecule has 2 nitrogen and oxygen atoms in total. The zero-order valence-electron chi connectivity index (χ0n) is 17.2. The monoisotopic (exact) mass is 442 g/mol. The molecular formula is C26H22F4O2. The SMILES string of the molecule is F/C(=C\C1(c2ccc(OCC(F)(F)F)cc2)CC1)Cc1cccc(Oc2ccccc2)c1. The van der Waals surface area contributed by atoms with Crippen molar-refractivity contribution in [1.29, 1.82) is 0 Å². The smallest absolute Gasteiger partial charge is 0.422 e. The van der Waals surface area contributed by atoms with E-state index in [2.05, 4.69) is 0 Å². The lowest BCUT2D eigenvalue weighted by molar-refractivity contribution is -0.153. The molecule has 0 heterocycles. The molecule has 0 amide bonds. The highest BCUT2D eigenvalue weighted by Crippen LogP contribution is 2.50. The van der Waals surface area contributed by atoms with Gasteiger partial charge in [0.2, 0.25) is 0 Å². The lowest BCUT2D eigenvalue weighted by Gasteiger charge is -2.14. The molecule has 0 bridgehead atoms. The Morgan fingerprint density at radius 2 is 1.53 bits per heavy atom. The van der Waals surface area contributed by atoms with Gasteiger partial charge in [0.05, 0.1) is 0 Å². The second-order valence-electron chi connectivity index (χ2n) is 7.91. The maximum absolute atomic E-state index is 14.9. The van der Waals surface area contributed by atoms with E-state index >= 15 is 0 Å². The van der Waals surface area contributed by atoms with Gasteiger partial charge in [-0.1, -0.05) is 42.5 Å². The average Bonchev–Trinajstić information content (AvgIpc) is 3.53. The number of alkyl halides is 3. The predicted molar refractivity (Wildman–Crippen MR) is 115 cm³/mol. The van der Waals surface area contributed by atoms with Gasteiger partial charge in [-0.15, -0.1) is 0 Å². The Bertz CT molecular complexity index is 1070. The molecule has 0 unspecified atom stereocenters. The third kappa shape index (κ3) is 5.90.